The smallest absolute Gasteiger partial charge is 0.409 e. The van der Waals surface area contributed by atoms with Gasteiger partial charge in [0.25, 0.3) is 0 Å². The fraction of sp³-hybridized carbons (Fsp3) is 0.688. The number of guanidine groups is 1. The van der Waals surface area contributed by atoms with E-state index >= 15 is 0 Å². The predicted octanol–water partition coefficient (Wildman–Crippen LogP) is 2.56. The molecule has 0 saturated carbocycles. The van der Waals surface area contributed by atoms with Gasteiger partial charge in [-0.1, -0.05) is 6.92 Å². The van der Waals surface area contributed by atoms with Gasteiger partial charge in [0.1, 0.15) is 5.01 Å². The van der Waals surface area contributed by atoms with Crippen LogP contribution in [0.15, 0.2) is 11.2 Å². The van der Waals surface area contributed by atoms with Crippen molar-refractivity contribution in [3.05, 3.63) is 16.1 Å². The van der Waals surface area contributed by atoms with Crippen molar-refractivity contribution in [1.82, 2.24) is 20.1 Å². The molecule has 142 valence electrons. The van der Waals surface area contributed by atoms with E-state index in [-0.39, 0.29) is 30.1 Å². The summed E-state index contributed by atoms with van der Waals surface area (Å²) < 4.78 is 5.06. The molecule has 1 amide bonds. The first kappa shape index (κ1) is 21.9. The van der Waals surface area contributed by atoms with Crippen LogP contribution in [0.25, 0.3) is 0 Å². The van der Waals surface area contributed by atoms with Crippen LogP contribution in [-0.2, 0) is 17.7 Å². The number of aromatic nitrogens is 1. The zero-order valence-electron chi connectivity index (χ0n) is 15.2. The monoisotopic (exact) mass is 481 g/mol. The fourth-order valence-corrected chi connectivity index (χ4v) is 3.26. The molecule has 2 rings (SSSR count). The van der Waals surface area contributed by atoms with Crippen LogP contribution in [0, 0.1) is 0 Å². The van der Waals surface area contributed by atoms with Crippen LogP contribution in [0.4, 0.5) is 4.79 Å². The second-order valence-electron chi connectivity index (χ2n) is 5.42. The lowest BCUT2D eigenvalue weighted by Crippen LogP contribution is -2.53. The van der Waals surface area contributed by atoms with Gasteiger partial charge in [-0.15, -0.1) is 35.3 Å². The second-order valence-corrected chi connectivity index (χ2v) is 6.62. The van der Waals surface area contributed by atoms with Crippen molar-refractivity contribution >= 4 is 47.4 Å². The average molecular weight is 481 g/mol. The molecule has 0 bridgehead atoms. The number of hydrogen-bond acceptors (Lipinski definition) is 5. The lowest BCUT2D eigenvalue weighted by molar-refractivity contribution is 0.0914. The average Bonchev–Trinajstić information content (AvgIpc) is 3.07. The Kier molecular flexibility index (Phi) is 10.1. The first-order chi connectivity index (χ1) is 11.7. The van der Waals surface area contributed by atoms with Crippen molar-refractivity contribution in [2.24, 2.45) is 4.99 Å². The number of hydrogen-bond donors (Lipinski definition) is 1. The lowest BCUT2D eigenvalue weighted by atomic mass is 10.3. The van der Waals surface area contributed by atoms with Gasteiger partial charge >= 0.3 is 6.09 Å². The molecule has 1 aliphatic heterocycles. The molecule has 1 N–H and O–H groups in total. The van der Waals surface area contributed by atoms with Gasteiger partial charge in [-0.05, 0) is 20.3 Å². The van der Waals surface area contributed by atoms with E-state index in [2.05, 4.69) is 29.0 Å². The molecule has 0 aromatic carbocycles. The molecule has 25 heavy (non-hydrogen) atoms. The molecule has 0 atom stereocenters. The van der Waals surface area contributed by atoms with Gasteiger partial charge in [-0.3, -0.25) is 0 Å². The third-order valence-electron chi connectivity index (χ3n) is 3.75. The molecule has 1 fully saturated rings. The minimum atomic E-state index is -0.228. The third kappa shape index (κ3) is 6.61. The topological polar surface area (TPSA) is 70.1 Å². The van der Waals surface area contributed by atoms with Gasteiger partial charge in [-0.2, -0.15) is 0 Å². The highest BCUT2D eigenvalue weighted by molar-refractivity contribution is 14.0. The summed E-state index contributed by atoms with van der Waals surface area (Å²) in [5, 5.41) is 4.37. The normalized spacial score (nSPS) is 14.9. The summed E-state index contributed by atoms with van der Waals surface area (Å²) in [4.78, 5) is 26.1. The first-order valence-corrected chi connectivity index (χ1v) is 9.38. The minimum Gasteiger partial charge on any atom is -0.450 e. The predicted molar refractivity (Wildman–Crippen MR) is 112 cm³/mol. The van der Waals surface area contributed by atoms with Gasteiger partial charge in [0.2, 0.25) is 0 Å². The van der Waals surface area contributed by atoms with Crippen LogP contribution in [0.2, 0.25) is 0 Å². The molecule has 2 heterocycles. The molecule has 9 heteroatoms. The fourth-order valence-electron chi connectivity index (χ4n) is 2.47. The summed E-state index contributed by atoms with van der Waals surface area (Å²) in [5.41, 5.74) is 0. The summed E-state index contributed by atoms with van der Waals surface area (Å²) in [5.74, 6) is 0.884. The number of carbonyl (C=O) groups is 1. The van der Waals surface area contributed by atoms with E-state index in [1.54, 1.807) is 16.2 Å². The van der Waals surface area contributed by atoms with Crippen LogP contribution in [0.1, 0.15) is 30.7 Å². The Labute approximate surface area is 170 Å². The highest BCUT2D eigenvalue weighted by atomic mass is 127. The number of nitrogens with zero attached hydrogens (tertiary/aromatic N) is 4. The van der Waals surface area contributed by atoms with E-state index in [9.17, 15) is 4.79 Å². The first-order valence-electron chi connectivity index (χ1n) is 8.56. The van der Waals surface area contributed by atoms with Crippen molar-refractivity contribution < 1.29 is 9.53 Å². The maximum absolute atomic E-state index is 11.8. The minimum absolute atomic E-state index is 0. The largest absolute Gasteiger partial charge is 0.450 e. The quantitative estimate of drug-likeness (QED) is 0.398. The molecule has 7 nitrogen and oxygen atoms in total. The van der Waals surface area contributed by atoms with E-state index in [1.165, 1.54) is 4.88 Å². The number of aliphatic imine (C=N–C) groups is 1. The van der Waals surface area contributed by atoms with E-state index < -0.39 is 0 Å². The summed E-state index contributed by atoms with van der Waals surface area (Å²) in [6.07, 6.45) is 2.71. The van der Waals surface area contributed by atoms with E-state index in [1.807, 2.05) is 13.1 Å². The summed E-state index contributed by atoms with van der Waals surface area (Å²) in [7, 11) is 0. The van der Waals surface area contributed by atoms with Crippen molar-refractivity contribution in [3.63, 3.8) is 0 Å². The Morgan fingerprint density at radius 2 is 1.96 bits per heavy atom. The highest BCUT2D eigenvalue weighted by Crippen LogP contribution is 2.14. The van der Waals surface area contributed by atoms with Crippen LogP contribution in [0.3, 0.4) is 0 Å². The van der Waals surface area contributed by atoms with Gasteiger partial charge < -0.3 is 19.9 Å². The number of nitrogens with one attached hydrogen (secondary N) is 1. The number of halogens is 1. The van der Waals surface area contributed by atoms with Crippen molar-refractivity contribution in [3.8, 4) is 0 Å². The Bertz CT molecular complexity index is 558. The third-order valence-corrected chi connectivity index (χ3v) is 4.88. The van der Waals surface area contributed by atoms with Crippen molar-refractivity contribution in [2.45, 2.75) is 33.7 Å². The maximum atomic E-state index is 11.8. The molecule has 0 radical (unpaired) electrons. The Balaban J connectivity index is 0.00000312. The number of piperazine rings is 1. The summed E-state index contributed by atoms with van der Waals surface area (Å²) >= 11 is 1.72. The summed E-state index contributed by atoms with van der Waals surface area (Å²) in [6, 6.07) is 0. The molecule has 1 aromatic heterocycles. The number of amides is 1. The van der Waals surface area contributed by atoms with Gasteiger partial charge in [-0.25, -0.2) is 14.8 Å². The standard InChI is InChI=1S/C16H27N5O2S.HI/c1-4-13-11-18-14(24-13)12-19-15(17-5-2)20-7-9-21(10-8-20)16(22)23-6-3;/h11H,4-10,12H2,1-3H3,(H,17,19);1H. The van der Waals surface area contributed by atoms with Crippen LogP contribution >= 0.6 is 35.3 Å². The van der Waals surface area contributed by atoms with Gasteiger partial charge in [0, 0.05) is 43.8 Å². The Morgan fingerprint density at radius 1 is 1.28 bits per heavy atom. The van der Waals surface area contributed by atoms with Gasteiger partial charge in [0.15, 0.2) is 5.96 Å². The summed E-state index contributed by atoms with van der Waals surface area (Å²) in [6.45, 7) is 10.6. The van der Waals surface area contributed by atoms with E-state index in [4.69, 9.17) is 9.73 Å². The number of rotatable bonds is 5. The molecule has 0 aliphatic carbocycles. The zero-order valence-corrected chi connectivity index (χ0v) is 18.3. The number of carbonyl (C=O) groups excluding carboxylic acids is 1. The maximum Gasteiger partial charge on any atom is 0.409 e. The molecule has 0 unspecified atom stereocenters. The number of thiazole rings is 1. The van der Waals surface area contributed by atoms with E-state index in [0.29, 0.717) is 26.2 Å². The zero-order chi connectivity index (χ0) is 17.4. The molecular weight excluding hydrogens is 453 g/mol. The molecule has 0 spiro atoms. The van der Waals surface area contributed by atoms with Gasteiger partial charge in [0.05, 0.1) is 13.2 Å². The molecular formula is C16H28IN5O2S. The van der Waals surface area contributed by atoms with Crippen molar-refractivity contribution in [1.29, 1.82) is 0 Å². The molecule has 1 saturated heterocycles. The van der Waals surface area contributed by atoms with Crippen molar-refractivity contribution in [2.75, 3.05) is 39.3 Å². The highest BCUT2D eigenvalue weighted by Gasteiger charge is 2.23. The Hall–Kier alpha value is -1.10. The van der Waals surface area contributed by atoms with Crippen LogP contribution < -0.4 is 5.32 Å². The van der Waals surface area contributed by atoms with E-state index in [0.717, 1.165) is 37.0 Å². The number of aryl methyl sites for hydroxylation is 1. The number of ether oxygens (including phenoxy) is 1. The second kappa shape index (κ2) is 11.5. The lowest BCUT2D eigenvalue weighted by Gasteiger charge is -2.35. The molecule has 1 aliphatic rings. The van der Waals surface area contributed by atoms with Crippen LogP contribution in [-0.4, -0.2) is 66.2 Å². The Morgan fingerprint density at radius 3 is 2.52 bits per heavy atom. The molecule has 1 aromatic rings. The van der Waals surface area contributed by atoms with Crippen LogP contribution in [0.5, 0.6) is 0 Å². The SMILES string of the molecule is CCNC(=NCc1ncc(CC)s1)N1CCN(C(=O)OCC)CC1.I.